The summed E-state index contributed by atoms with van der Waals surface area (Å²) in [6.07, 6.45) is 0. The zero-order valence-corrected chi connectivity index (χ0v) is 57.2. The fourth-order valence-corrected chi connectivity index (χ4v) is 10.4. The predicted molar refractivity (Wildman–Crippen MR) is 358 cm³/mol. The summed E-state index contributed by atoms with van der Waals surface area (Å²) in [5.41, 5.74) is 5.17. The van der Waals surface area contributed by atoms with E-state index < -0.39 is 41.1 Å². The summed E-state index contributed by atoms with van der Waals surface area (Å²) in [5, 5.41) is 56.9. The van der Waals surface area contributed by atoms with Crippen LogP contribution in [0.3, 0.4) is 0 Å². The second kappa shape index (κ2) is 31.6. The van der Waals surface area contributed by atoms with Crippen molar-refractivity contribution < 1.29 is 65.6 Å². The number of rotatable bonds is 12. The molecule has 0 aromatic heterocycles. The zero-order valence-electron chi connectivity index (χ0n) is 52.5. The van der Waals surface area contributed by atoms with Gasteiger partial charge in [-0.3, -0.25) is 0 Å². The van der Waals surface area contributed by atoms with Crippen LogP contribution in [0.5, 0.6) is 28.7 Å². The van der Waals surface area contributed by atoms with Crippen molar-refractivity contribution in [3.05, 3.63) is 180 Å². The number of alkyl halides is 3. The van der Waals surface area contributed by atoms with Crippen LogP contribution in [-0.4, -0.2) is 69.8 Å². The lowest BCUT2D eigenvalue weighted by atomic mass is 9.76. The Morgan fingerprint density at radius 1 is 0.500 bits per heavy atom. The average Bonchev–Trinajstić information content (AvgIpc) is 1.45. The molecule has 1 fully saturated rings. The summed E-state index contributed by atoms with van der Waals surface area (Å²) >= 11 is 20.1. The standard InChI is InChI=1S/C24H33BO3.C18H21ClO.C13H17F3O3S.C6H6BClO3.C6H4BrClO/c1-15(2)18-10-9-11-19(16(3)4)22(18)17-12-13-20(21(26)14-17)25-27-23(5,6)24(7,8)28-25;1-11(2)14-6-5-7-15(12(3)4)18(14)13-8-9-16(19)17(20)10-13;1-8(2)10-6-5-7-11(9(3)4)12(10)19-20(17,18)13(14,15)16;8-5-2-1-4(7(10)11)3-6(5)9;7-4-1-2-5(8)6(9)3-4/h9-16,26H,1-8H3;5-12,20H,1-4H3;5-9H,1-4H3;1-3,9-11H;1-3,9H. The van der Waals surface area contributed by atoms with Crippen LogP contribution in [0.15, 0.2) is 132 Å². The van der Waals surface area contributed by atoms with Gasteiger partial charge >= 0.3 is 29.9 Å². The van der Waals surface area contributed by atoms with Crippen molar-refractivity contribution in [1.82, 2.24) is 0 Å². The predicted octanol–water partition coefficient (Wildman–Crippen LogP) is 18.3. The van der Waals surface area contributed by atoms with E-state index in [1.165, 1.54) is 51.6 Å². The first-order chi connectivity index (χ1) is 40.6. The average molecular weight is 1360 g/mol. The molecular formula is C67H81B2BrCl3F3O11S. The molecule has 0 atom stereocenters. The van der Waals surface area contributed by atoms with Crippen molar-refractivity contribution in [2.75, 3.05) is 0 Å². The van der Waals surface area contributed by atoms with Gasteiger partial charge in [-0.05, 0) is 173 Å². The monoisotopic (exact) mass is 1360 g/mol. The molecular weight excluding hydrogens is 1280 g/mol. The molecule has 11 nitrogen and oxygen atoms in total. The van der Waals surface area contributed by atoms with Crippen LogP contribution < -0.4 is 15.1 Å². The van der Waals surface area contributed by atoms with Gasteiger partial charge in [0.1, 0.15) is 28.7 Å². The molecule has 0 amide bonds. The number of para-hydroxylation sites is 1. The Morgan fingerprint density at radius 3 is 1.15 bits per heavy atom. The van der Waals surface area contributed by atoms with E-state index in [1.807, 2.05) is 45.9 Å². The van der Waals surface area contributed by atoms with Crippen molar-refractivity contribution >= 4 is 86.0 Å². The van der Waals surface area contributed by atoms with E-state index in [1.54, 1.807) is 76.2 Å². The Kier molecular flexibility index (Phi) is 26.9. The molecule has 8 rings (SSSR count). The van der Waals surface area contributed by atoms with Crippen LogP contribution in [0, 0.1) is 0 Å². The lowest BCUT2D eigenvalue weighted by molar-refractivity contribution is -0.0500. The molecule has 1 saturated heterocycles. The van der Waals surface area contributed by atoms with Crippen LogP contribution in [0.2, 0.25) is 15.1 Å². The molecule has 1 aliphatic rings. The molecule has 7 aromatic carbocycles. The van der Waals surface area contributed by atoms with Gasteiger partial charge in [-0.15, -0.1) is 0 Å². The number of benzene rings is 7. The summed E-state index contributed by atoms with van der Waals surface area (Å²) < 4.78 is 77.3. The van der Waals surface area contributed by atoms with Crippen LogP contribution in [-0.2, 0) is 19.4 Å². The molecule has 6 N–H and O–H groups in total. The first-order valence-corrected chi connectivity index (χ1v) is 32.0. The van der Waals surface area contributed by atoms with Crippen LogP contribution in [0.25, 0.3) is 22.3 Å². The van der Waals surface area contributed by atoms with Crippen molar-refractivity contribution in [2.45, 2.75) is 163 Å². The van der Waals surface area contributed by atoms with Gasteiger partial charge in [-0.25, -0.2) is 0 Å². The highest BCUT2D eigenvalue weighted by Crippen LogP contribution is 2.43. The van der Waals surface area contributed by atoms with Crippen LogP contribution in [0.4, 0.5) is 13.2 Å². The van der Waals surface area contributed by atoms with E-state index in [2.05, 4.69) is 118 Å². The molecule has 476 valence electrons. The molecule has 0 aliphatic carbocycles. The maximum absolute atomic E-state index is 12.5. The normalized spacial score (nSPS) is 13.6. The minimum absolute atomic E-state index is 0.103. The number of phenols is 4. The van der Waals surface area contributed by atoms with Gasteiger partial charge in [0.15, 0.2) is 0 Å². The highest BCUT2D eigenvalue weighted by atomic mass is 79.9. The lowest BCUT2D eigenvalue weighted by Crippen LogP contribution is -2.41. The third-order valence-electron chi connectivity index (χ3n) is 14.8. The van der Waals surface area contributed by atoms with E-state index in [4.69, 9.17) is 64.4 Å². The van der Waals surface area contributed by atoms with Crippen molar-refractivity contribution in [3.8, 4) is 51.0 Å². The lowest BCUT2D eigenvalue weighted by Gasteiger charge is -2.32. The molecule has 0 bridgehead atoms. The molecule has 21 heteroatoms. The molecule has 1 aliphatic heterocycles. The highest BCUT2D eigenvalue weighted by molar-refractivity contribution is 9.10. The number of aromatic hydroxyl groups is 4. The van der Waals surface area contributed by atoms with Gasteiger partial charge in [-0.1, -0.05) is 213 Å². The van der Waals surface area contributed by atoms with E-state index in [-0.39, 0.29) is 51.1 Å². The molecule has 0 saturated carbocycles. The molecule has 1 heterocycles. The summed E-state index contributed by atoms with van der Waals surface area (Å²) in [6.45, 7) is 32.7. The fourth-order valence-electron chi connectivity index (χ4n) is 9.22. The topological polar surface area (TPSA) is 183 Å². The number of hydrogen-bond acceptors (Lipinski definition) is 11. The minimum Gasteiger partial charge on any atom is -0.508 e. The van der Waals surface area contributed by atoms with Crippen molar-refractivity contribution in [1.29, 1.82) is 0 Å². The Hall–Kier alpha value is -5.40. The van der Waals surface area contributed by atoms with Crippen LogP contribution in [0.1, 0.15) is 180 Å². The summed E-state index contributed by atoms with van der Waals surface area (Å²) in [5.74, 6) is 1.43. The van der Waals surface area contributed by atoms with E-state index in [9.17, 15) is 31.8 Å². The summed E-state index contributed by atoms with van der Waals surface area (Å²) in [4.78, 5) is 0. The second-order valence-corrected chi connectivity index (χ2v) is 27.7. The van der Waals surface area contributed by atoms with E-state index >= 15 is 0 Å². The molecule has 88 heavy (non-hydrogen) atoms. The maximum Gasteiger partial charge on any atom is 0.534 e. The van der Waals surface area contributed by atoms with Crippen LogP contribution >= 0.6 is 50.7 Å². The van der Waals surface area contributed by atoms with Gasteiger partial charge in [0.05, 0.1) is 26.3 Å². The first-order valence-electron chi connectivity index (χ1n) is 28.7. The zero-order chi connectivity index (χ0) is 66.7. The Labute approximate surface area is 542 Å². The SMILES string of the molecule is CC(C)c1cccc(C(C)C)c1-c1ccc(B2OC(C)(C)C(C)(C)O2)c(O)c1.CC(C)c1cccc(C(C)C)c1-c1ccc(Cl)c(O)c1.CC(C)c1cccc(C(C)C)c1OS(=O)(=O)C(F)(F)F.OB(O)c1ccc(Cl)c(O)c1.Oc1cc(Br)ccc1Cl. The highest BCUT2D eigenvalue weighted by Gasteiger charge is 2.52. The van der Waals surface area contributed by atoms with Gasteiger partial charge in [0.25, 0.3) is 0 Å². The Morgan fingerprint density at radius 2 is 0.830 bits per heavy atom. The summed E-state index contributed by atoms with van der Waals surface area (Å²) in [6, 6.07) is 38.1. The quantitative estimate of drug-likeness (QED) is 0.0389. The van der Waals surface area contributed by atoms with Gasteiger partial charge in [0, 0.05) is 9.94 Å². The molecule has 7 aromatic rings. The largest absolute Gasteiger partial charge is 0.534 e. The third-order valence-corrected chi connectivity index (χ3v) is 17.2. The fraction of sp³-hybridized carbons (Fsp3) is 0.373. The summed E-state index contributed by atoms with van der Waals surface area (Å²) in [7, 11) is -7.80. The van der Waals surface area contributed by atoms with Gasteiger partial charge in [-0.2, -0.15) is 21.6 Å². The van der Waals surface area contributed by atoms with Gasteiger partial charge in [0.2, 0.25) is 0 Å². The minimum atomic E-state index is -5.66. The smallest absolute Gasteiger partial charge is 0.508 e. The molecule has 0 unspecified atom stereocenters. The van der Waals surface area contributed by atoms with Crippen molar-refractivity contribution in [2.24, 2.45) is 0 Å². The second-order valence-electron chi connectivity index (χ2n) is 24.0. The van der Waals surface area contributed by atoms with Crippen molar-refractivity contribution in [3.63, 3.8) is 0 Å². The molecule has 0 radical (unpaired) electrons. The number of hydrogen-bond donors (Lipinski definition) is 6. The Bertz CT molecular complexity index is 3500. The van der Waals surface area contributed by atoms with E-state index in [0.717, 1.165) is 15.6 Å². The van der Waals surface area contributed by atoms with Gasteiger partial charge < -0.3 is 44.0 Å². The molecule has 0 spiro atoms. The Balaban J connectivity index is 0.000000247. The van der Waals surface area contributed by atoms with E-state index in [0.29, 0.717) is 50.3 Å². The maximum atomic E-state index is 12.5. The third kappa shape index (κ3) is 19.6. The first kappa shape index (κ1) is 75.1. The number of halogens is 7. The number of phenolic OH excluding ortho intramolecular Hbond substituents is 4.